The summed E-state index contributed by atoms with van der Waals surface area (Å²) in [5.41, 5.74) is 1.77. The minimum absolute atomic E-state index is 0.00728. The molecule has 2 aromatic heterocycles. The predicted molar refractivity (Wildman–Crippen MR) is 133 cm³/mol. The van der Waals surface area contributed by atoms with Crippen molar-refractivity contribution in [3.8, 4) is 0 Å². The Balaban J connectivity index is 1.37. The van der Waals surface area contributed by atoms with E-state index in [2.05, 4.69) is 39.6 Å². The van der Waals surface area contributed by atoms with Gasteiger partial charge in [-0.05, 0) is 43.0 Å². The fourth-order valence-corrected chi connectivity index (χ4v) is 4.85. The van der Waals surface area contributed by atoms with Gasteiger partial charge in [-0.15, -0.1) is 0 Å². The van der Waals surface area contributed by atoms with Gasteiger partial charge in [0.1, 0.15) is 23.1 Å². The third-order valence-electron chi connectivity index (χ3n) is 6.49. The molecule has 0 radical (unpaired) electrons. The van der Waals surface area contributed by atoms with Crippen LogP contribution >= 0.6 is 11.8 Å². The van der Waals surface area contributed by atoms with Crippen LogP contribution in [0.5, 0.6) is 0 Å². The second kappa shape index (κ2) is 8.59. The number of hydrogen-bond donors (Lipinski definition) is 3. The van der Waals surface area contributed by atoms with E-state index in [9.17, 15) is 4.79 Å². The topological polar surface area (TPSA) is 108 Å². The first-order chi connectivity index (χ1) is 16.2. The maximum Gasteiger partial charge on any atom is 0.224 e. The number of hydrogen-bond acceptors (Lipinski definition) is 8. The van der Waals surface area contributed by atoms with Crippen LogP contribution in [0.4, 0.5) is 23.1 Å². The van der Waals surface area contributed by atoms with Crippen LogP contribution in [0.1, 0.15) is 32.9 Å². The van der Waals surface area contributed by atoms with Crippen molar-refractivity contribution in [1.82, 2.24) is 20.2 Å². The van der Waals surface area contributed by atoms with Gasteiger partial charge < -0.3 is 20.3 Å². The van der Waals surface area contributed by atoms with E-state index >= 15 is 0 Å². The fraction of sp³-hybridized carbons (Fsp3) is 0.417. The summed E-state index contributed by atoms with van der Waals surface area (Å²) >= 11 is 1.48. The summed E-state index contributed by atoms with van der Waals surface area (Å²) in [6, 6.07) is 11.6. The van der Waals surface area contributed by atoms with Gasteiger partial charge in [0.2, 0.25) is 5.91 Å². The second-order valence-corrected chi connectivity index (χ2v) is 10.5. The summed E-state index contributed by atoms with van der Waals surface area (Å²) in [6.07, 6.45) is 0.447. The highest BCUT2D eigenvalue weighted by Gasteiger charge is 2.61. The normalized spacial score (nSPS) is 17.7. The molecular formula is C24H29N7O2S. The number of ether oxygens (including phenoxy) is 1. The van der Waals surface area contributed by atoms with Crippen molar-refractivity contribution in [2.45, 2.75) is 49.8 Å². The van der Waals surface area contributed by atoms with Crippen LogP contribution in [0.3, 0.4) is 0 Å². The number of carbonyl (C=O) groups excluding carboxylic acids is 1. The number of aromatic nitrogens is 4. The summed E-state index contributed by atoms with van der Waals surface area (Å²) in [7, 11) is 0. The van der Waals surface area contributed by atoms with Crippen molar-refractivity contribution in [3.05, 3.63) is 42.1 Å². The minimum Gasteiger partial charge on any atom is -0.370 e. The Morgan fingerprint density at radius 2 is 1.97 bits per heavy atom. The highest BCUT2D eigenvalue weighted by molar-refractivity contribution is 7.99. The van der Waals surface area contributed by atoms with Crippen LogP contribution in [0.2, 0.25) is 0 Å². The highest BCUT2D eigenvalue weighted by Crippen LogP contribution is 2.50. The summed E-state index contributed by atoms with van der Waals surface area (Å²) in [5.74, 6) is 2.32. The second-order valence-electron chi connectivity index (χ2n) is 9.49. The number of aryl methyl sites for hydroxylation is 1. The Kier molecular flexibility index (Phi) is 5.73. The summed E-state index contributed by atoms with van der Waals surface area (Å²) in [6.45, 7) is 10.7. The Labute approximate surface area is 203 Å². The molecule has 1 aromatic carbocycles. The van der Waals surface area contributed by atoms with Crippen LogP contribution in [0.15, 0.2) is 46.5 Å². The van der Waals surface area contributed by atoms with Gasteiger partial charge in [0.25, 0.3) is 0 Å². The smallest absolute Gasteiger partial charge is 0.224 e. The van der Waals surface area contributed by atoms with Gasteiger partial charge in [-0.3, -0.25) is 9.89 Å². The van der Waals surface area contributed by atoms with Crippen molar-refractivity contribution in [2.75, 3.05) is 35.2 Å². The lowest BCUT2D eigenvalue weighted by atomic mass is 9.66. The van der Waals surface area contributed by atoms with Gasteiger partial charge >= 0.3 is 0 Å². The lowest BCUT2D eigenvalue weighted by Gasteiger charge is -2.64. The van der Waals surface area contributed by atoms with Crippen LogP contribution in [-0.2, 0) is 9.53 Å². The number of rotatable bonds is 7. The number of nitrogens with zero attached hydrogens (tertiary/aromatic N) is 4. The first-order valence-electron chi connectivity index (χ1n) is 11.4. The Morgan fingerprint density at radius 3 is 2.56 bits per heavy atom. The van der Waals surface area contributed by atoms with E-state index in [0.29, 0.717) is 17.4 Å². The minimum atomic E-state index is -0.0852. The molecule has 34 heavy (non-hydrogen) atoms. The quantitative estimate of drug-likeness (QED) is 0.429. The molecule has 9 nitrogen and oxygen atoms in total. The molecule has 10 heteroatoms. The van der Waals surface area contributed by atoms with E-state index in [-0.39, 0.29) is 16.9 Å². The van der Waals surface area contributed by atoms with Crippen LogP contribution in [-0.4, -0.2) is 51.4 Å². The van der Waals surface area contributed by atoms with Crippen LogP contribution in [0.25, 0.3) is 0 Å². The molecule has 4 heterocycles. The third-order valence-corrected chi connectivity index (χ3v) is 7.36. The Hall–Kier alpha value is -3.11. The largest absolute Gasteiger partial charge is 0.370 e. The molecule has 2 saturated heterocycles. The van der Waals surface area contributed by atoms with E-state index in [4.69, 9.17) is 14.7 Å². The molecule has 0 bridgehead atoms. The molecule has 0 atom stereocenters. The molecule has 5 rings (SSSR count). The van der Waals surface area contributed by atoms with E-state index in [0.717, 1.165) is 47.6 Å². The maximum atomic E-state index is 11.6. The van der Waals surface area contributed by atoms with Crippen molar-refractivity contribution < 1.29 is 9.53 Å². The zero-order chi connectivity index (χ0) is 23.9. The molecule has 1 spiro atoms. The average Bonchev–Trinajstić information content (AvgIpc) is 3.17. The molecule has 0 saturated carbocycles. The monoisotopic (exact) mass is 479 g/mol. The molecule has 2 aliphatic heterocycles. The molecule has 0 unspecified atom stereocenters. The standard InChI is InChI=1S/C24H29N7O2S/c1-5-21(32)25-16-6-8-17(9-7-16)34-22-27-18(26-19-10-15(2)29-30-19)11-20(28-22)31-12-24(13-31)23(3,4)14-33-24/h6-11H,5,12-14H2,1-4H3,(H,25,32)(H2,26,27,28,29,30). The number of carbonyl (C=O) groups is 1. The average molecular weight is 480 g/mol. The zero-order valence-electron chi connectivity index (χ0n) is 19.8. The summed E-state index contributed by atoms with van der Waals surface area (Å²) in [4.78, 5) is 24.4. The van der Waals surface area contributed by atoms with Crippen LogP contribution < -0.4 is 15.5 Å². The predicted octanol–water partition coefficient (Wildman–Crippen LogP) is 4.37. The van der Waals surface area contributed by atoms with Gasteiger partial charge in [-0.25, -0.2) is 9.97 Å². The van der Waals surface area contributed by atoms with E-state index in [1.54, 1.807) is 0 Å². The molecule has 2 aliphatic rings. The number of H-pyrrole nitrogens is 1. The van der Waals surface area contributed by atoms with Crippen molar-refractivity contribution >= 4 is 40.8 Å². The van der Waals surface area contributed by atoms with Gasteiger partial charge in [-0.2, -0.15) is 5.10 Å². The van der Waals surface area contributed by atoms with E-state index < -0.39 is 0 Å². The Bertz CT molecular complexity index is 1200. The molecule has 2 fully saturated rings. The van der Waals surface area contributed by atoms with Gasteiger partial charge in [0, 0.05) is 34.6 Å². The number of anilines is 4. The first-order valence-corrected chi connectivity index (χ1v) is 12.2. The third kappa shape index (κ3) is 4.35. The Morgan fingerprint density at radius 1 is 1.21 bits per heavy atom. The van der Waals surface area contributed by atoms with E-state index in [1.807, 2.05) is 50.2 Å². The number of nitrogens with one attached hydrogen (secondary N) is 3. The number of amides is 1. The fourth-order valence-electron chi connectivity index (χ4n) is 4.09. The van der Waals surface area contributed by atoms with Gasteiger partial charge in [0.15, 0.2) is 5.16 Å². The molecule has 3 aromatic rings. The molecule has 3 N–H and O–H groups in total. The van der Waals surface area contributed by atoms with Gasteiger partial charge in [0.05, 0.1) is 25.4 Å². The first kappa shape index (κ1) is 22.7. The lowest BCUT2D eigenvalue weighted by molar-refractivity contribution is -0.262. The van der Waals surface area contributed by atoms with Crippen LogP contribution in [0, 0.1) is 12.3 Å². The molecule has 1 amide bonds. The van der Waals surface area contributed by atoms with Crippen molar-refractivity contribution in [1.29, 1.82) is 0 Å². The maximum absolute atomic E-state index is 11.6. The molecule has 178 valence electrons. The number of aromatic amines is 1. The van der Waals surface area contributed by atoms with Crippen molar-refractivity contribution in [2.24, 2.45) is 5.41 Å². The van der Waals surface area contributed by atoms with E-state index in [1.165, 1.54) is 11.8 Å². The van der Waals surface area contributed by atoms with Gasteiger partial charge in [-0.1, -0.05) is 20.8 Å². The highest BCUT2D eigenvalue weighted by atomic mass is 32.2. The van der Waals surface area contributed by atoms with Crippen molar-refractivity contribution in [3.63, 3.8) is 0 Å². The molecular weight excluding hydrogens is 450 g/mol. The number of benzene rings is 1. The SMILES string of the molecule is CCC(=O)Nc1ccc(Sc2nc(Nc3cc(C)n[nH]3)cc(N3CC4(C3)OCC4(C)C)n2)cc1. The molecule has 0 aliphatic carbocycles. The zero-order valence-corrected chi connectivity index (χ0v) is 20.6. The lowest BCUT2D eigenvalue weighted by Crippen LogP contribution is -2.77. The summed E-state index contributed by atoms with van der Waals surface area (Å²) < 4.78 is 5.97. The summed E-state index contributed by atoms with van der Waals surface area (Å²) in [5, 5.41) is 14.0.